The molecule has 2 aromatic heterocycles. The molecule has 7 nitrogen and oxygen atoms in total. The molecule has 1 saturated carbocycles. The van der Waals surface area contributed by atoms with Crippen LogP contribution in [0.1, 0.15) is 43.0 Å². The number of nitrogens with zero attached hydrogens (tertiary/aromatic N) is 5. The van der Waals surface area contributed by atoms with Crippen LogP contribution in [-0.4, -0.2) is 31.0 Å². The zero-order chi connectivity index (χ0) is 14.7. The molecule has 0 saturated heterocycles. The van der Waals surface area contributed by atoms with E-state index in [0.717, 1.165) is 23.6 Å². The molecule has 2 aromatic rings. The van der Waals surface area contributed by atoms with Gasteiger partial charge in [-0.2, -0.15) is 0 Å². The number of thioether (sulfide) groups is 1. The summed E-state index contributed by atoms with van der Waals surface area (Å²) in [6.07, 6.45) is 6.42. The summed E-state index contributed by atoms with van der Waals surface area (Å²) in [6, 6.07) is 4.20. The highest BCUT2D eigenvalue weighted by molar-refractivity contribution is 7.98. The molecule has 1 fully saturated rings. The summed E-state index contributed by atoms with van der Waals surface area (Å²) in [4.78, 5) is 4.16. The van der Waals surface area contributed by atoms with E-state index in [1.807, 2.05) is 16.8 Å². The topological polar surface area (TPSA) is 106 Å². The van der Waals surface area contributed by atoms with E-state index in [4.69, 9.17) is 11.1 Å². The molecular weight excluding hydrogens is 286 g/mol. The van der Waals surface area contributed by atoms with Crippen LogP contribution in [-0.2, 0) is 5.75 Å². The van der Waals surface area contributed by atoms with Gasteiger partial charge in [0.1, 0.15) is 11.5 Å². The molecule has 0 amide bonds. The molecule has 0 bridgehead atoms. The Morgan fingerprint density at radius 1 is 1.43 bits per heavy atom. The number of amidine groups is 1. The number of nitrogens with two attached hydrogens (primary N) is 1. The average Bonchev–Trinajstić information content (AvgIpc) is 3.16. The molecule has 0 aromatic carbocycles. The molecule has 0 radical (unpaired) electrons. The highest BCUT2D eigenvalue weighted by Crippen LogP contribution is 2.32. The van der Waals surface area contributed by atoms with Gasteiger partial charge in [0.25, 0.3) is 0 Å². The van der Waals surface area contributed by atoms with Crippen molar-refractivity contribution in [3.63, 3.8) is 0 Å². The van der Waals surface area contributed by atoms with Gasteiger partial charge in [-0.05, 0) is 34.9 Å². The molecule has 3 N–H and O–H groups in total. The van der Waals surface area contributed by atoms with E-state index in [9.17, 15) is 0 Å². The number of tetrazole rings is 1. The Bertz CT molecular complexity index is 633. The highest BCUT2D eigenvalue weighted by atomic mass is 32.2. The number of nitrogens with one attached hydrogen (secondary N) is 1. The van der Waals surface area contributed by atoms with Gasteiger partial charge in [-0.3, -0.25) is 10.4 Å². The summed E-state index contributed by atoms with van der Waals surface area (Å²) < 4.78 is 1.93. The summed E-state index contributed by atoms with van der Waals surface area (Å²) >= 11 is 1.56. The van der Waals surface area contributed by atoms with Gasteiger partial charge in [-0.15, -0.1) is 5.10 Å². The lowest BCUT2D eigenvalue weighted by atomic mass is 10.2. The number of hydrogen-bond acceptors (Lipinski definition) is 6. The lowest BCUT2D eigenvalue weighted by Crippen LogP contribution is -2.15. The molecule has 110 valence electrons. The van der Waals surface area contributed by atoms with Crippen molar-refractivity contribution in [2.45, 2.75) is 42.6 Å². The van der Waals surface area contributed by atoms with Gasteiger partial charge in [0.15, 0.2) is 0 Å². The molecule has 0 unspecified atom stereocenters. The van der Waals surface area contributed by atoms with Crippen LogP contribution in [0.15, 0.2) is 23.5 Å². The standard InChI is InChI=1S/C13H17N7S/c14-12(15)11-9(4-3-7-16-11)8-21-13-17-18-19-20(13)10-5-1-2-6-10/h3-4,7,10H,1-2,5-6,8H2,(H3,14,15). The lowest BCUT2D eigenvalue weighted by Gasteiger charge is -2.11. The van der Waals surface area contributed by atoms with E-state index in [2.05, 4.69) is 20.5 Å². The number of rotatable bonds is 5. The second-order valence-corrected chi connectivity index (χ2v) is 6.00. The fraction of sp³-hybridized carbons (Fsp3) is 0.462. The maximum Gasteiger partial charge on any atom is 0.209 e. The number of nitrogen functional groups attached to an aromatic ring is 1. The smallest absolute Gasteiger partial charge is 0.209 e. The van der Waals surface area contributed by atoms with E-state index >= 15 is 0 Å². The van der Waals surface area contributed by atoms with Crippen LogP contribution < -0.4 is 5.73 Å². The second-order valence-electron chi connectivity index (χ2n) is 5.06. The molecule has 3 rings (SSSR count). The fourth-order valence-electron chi connectivity index (χ4n) is 2.60. The Labute approximate surface area is 126 Å². The van der Waals surface area contributed by atoms with Crippen LogP contribution >= 0.6 is 11.8 Å². The fourth-order valence-corrected chi connectivity index (χ4v) is 3.53. The zero-order valence-corrected chi connectivity index (χ0v) is 12.4. The van der Waals surface area contributed by atoms with Crippen LogP contribution in [0.2, 0.25) is 0 Å². The summed E-state index contributed by atoms with van der Waals surface area (Å²) in [7, 11) is 0. The third kappa shape index (κ3) is 3.05. The van der Waals surface area contributed by atoms with E-state index in [-0.39, 0.29) is 5.84 Å². The molecule has 0 aliphatic heterocycles. The largest absolute Gasteiger partial charge is 0.382 e. The van der Waals surface area contributed by atoms with Gasteiger partial charge in [-0.1, -0.05) is 30.7 Å². The van der Waals surface area contributed by atoms with Crippen molar-refractivity contribution in [3.05, 3.63) is 29.6 Å². The van der Waals surface area contributed by atoms with Crippen LogP contribution in [0.25, 0.3) is 0 Å². The van der Waals surface area contributed by atoms with E-state index in [0.29, 0.717) is 17.5 Å². The normalized spacial score (nSPS) is 15.4. The first-order valence-corrected chi connectivity index (χ1v) is 7.93. The van der Waals surface area contributed by atoms with Crippen molar-refractivity contribution in [1.29, 1.82) is 5.41 Å². The predicted octanol–water partition coefficient (Wildman–Crippen LogP) is 1.76. The van der Waals surface area contributed by atoms with Crippen molar-refractivity contribution in [2.24, 2.45) is 5.73 Å². The molecule has 21 heavy (non-hydrogen) atoms. The van der Waals surface area contributed by atoms with Gasteiger partial charge >= 0.3 is 0 Å². The Morgan fingerprint density at radius 3 is 3.00 bits per heavy atom. The number of aromatic nitrogens is 5. The van der Waals surface area contributed by atoms with E-state index < -0.39 is 0 Å². The average molecular weight is 303 g/mol. The van der Waals surface area contributed by atoms with Gasteiger partial charge in [0.05, 0.1) is 6.04 Å². The predicted molar refractivity (Wildman–Crippen MR) is 80.1 cm³/mol. The number of pyridine rings is 1. The Kier molecular flexibility index (Phi) is 4.14. The van der Waals surface area contributed by atoms with Crippen molar-refractivity contribution < 1.29 is 0 Å². The molecule has 2 heterocycles. The van der Waals surface area contributed by atoms with E-state index in [1.165, 1.54) is 12.8 Å². The number of hydrogen-bond donors (Lipinski definition) is 2. The Hall–Kier alpha value is -1.96. The van der Waals surface area contributed by atoms with Gasteiger partial charge in [-0.25, -0.2) is 4.68 Å². The second kappa shape index (κ2) is 6.21. The quantitative estimate of drug-likeness (QED) is 0.495. The molecule has 8 heteroatoms. The molecular formula is C13H17N7S. The highest BCUT2D eigenvalue weighted by Gasteiger charge is 2.21. The monoisotopic (exact) mass is 303 g/mol. The zero-order valence-electron chi connectivity index (χ0n) is 11.6. The molecule has 0 atom stereocenters. The van der Waals surface area contributed by atoms with Crippen molar-refractivity contribution in [2.75, 3.05) is 0 Å². The summed E-state index contributed by atoms with van der Waals surface area (Å²) in [5.41, 5.74) is 7.02. The SMILES string of the molecule is N=C(N)c1ncccc1CSc1nnnn1C1CCCC1. The minimum atomic E-state index is -0.0124. The Balaban J connectivity index is 1.74. The Morgan fingerprint density at radius 2 is 2.24 bits per heavy atom. The first-order chi connectivity index (χ1) is 10.3. The minimum Gasteiger partial charge on any atom is -0.382 e. The van der Waals surface area contributed by atoms with Crippen molar-refractivity contribution in [3.8, 4) is 0 Å². The summed E-state index contributed by atoms with van der Waals surface area (Å²) in [6.45, 7) is 0. The van der Waals surface area contributed by atoms with Gasteiger partial charge in [0, 0.05) is 11.9 Å². The summed E-state index contributed by atoms with van der Waals surface area (Å²) in [5, 5.41) is 20.4. The maximum atomic E-state index is 7.57. The third-order valence-electron chi connectivity index (χ3n) is 3.64. The van der Waals surface area contributed by atoms with Crippen LogP contribution in [0, 0.1) is 5.41 Å². The molecule has 0 spiro atoms. The first-order valence-electron chi connectivity index (χ1n) is 6.94. The van der Waals surface area contributed by atoms with Crippen LogP contribution in [0.4, 0.5) is 0 Å². The van der Waals surface area contributed by atoms with Crippen molar-refractivity contribution >= 4 is 17.6 Å². The van der Waals surface area contributed by atoms with Crippen LogP contribution in [0.5, 0.6) is 0 Å². The van der Waals surface area contributed by atoms with E-state index in [1.54, 1.807) is 18.0 Å². The first kappa shape index (κ1) is 14.0. The van der Waals surface area contributed by atoms with Crippen LogP contribution in [0.3, 0.4) is 0 Å². The molecule has 1 aliphatic rings. The van der Waals surface area contributed by atoms with Gasteiger partial charge in [0.2, 0.25) is 5.16 Å². The third-order valence-corrected chi connectivity index (χ3v) is 4.62. The lowest BCUT2D eigenvalue weighted by molar-refractivity contribution is 0.423. The van der Waals surface area contributed by atoms with Gasteiger partial charge < -0.3 is 5.73 Å². The van der Waals surface area contributed by atoms with Crippen molar-refractivity contribution in [1.82, 2.24) is 25.2 Å². The molecule has 1 aliphatic carbocycles. The minimum absolute atomic E-state index is 0.0124. The maximum absolute atomic E-state index is 7.57. The summed E-state index contributed by atoms with van der Waals surface area (Å²) in [5.74, 6) is 0.636.